The number of ether oxygens (including phenoxy) is 1. The number of primary amides is 1. The highest BCUT2D eigenvalue weighted by Gasteiger charge is 2.28. The van der Waals surface area contributed by atoms with E-state index in [1.807, 2.05) is 47.4 Å². The molecule has 10 heteroatoms. The van der Waals surface area contributed by atoms with Gasteiger partial charge in [0, 0.05) is 50.7 Å². The average molecular weight is 626 g/mol. The molecule has 0 bridgehead atoms. The molecule has 2 fully saturated rings. The quantitative estimate of drug-likeness (QED) is 0.252. The number of amides is 2. The Morgan fingerprint density at radius 1 is 0.848 bits per heavy atom. The number of benzene rings is 3. The third-order valence-electron chi connectivity index (χ3n) is 8.54. The standard InChI is InChI=1S/C18H21N3O.C18H22N2O4/c19-18(22)21-13-11-20(12-14-21)17(15-7-3-1-4-8-15)16-9-5-2-6-10-16;21-15(11-20-9-3-5-14(10-20)18(22)23)12-24-17-8-7-13-4-1-2-6-16(13)19-17/h1-10,17H,11-14H2,(H2,19,22);1-2,4,6-8,14-15,21H,3,5,9-12H2,(H,22,23)/t;14?,15-/m.1/s1. The molecule has 4 N–H and O–H groups in total. The van der Waals surface area contributed by atoms with Crippen LogP contribution in [0.3, 0.4) is 0 Å². The van der Waals surface area contributed by atoms with E-state index >= 15 is 0 Å². The molecular formula is C36H43N5O5. The zero-order valence-electron chi connectivity index (χ0n) is 26.0. The maximum absolute atomic E-state index is 11.3. The average Bonchev–Trinajstić information content (AvgIpc) is 3.09. The first kappa shape index (κ1) is 32.9. The van der Waals surface area contributed by atoms with E-state index in [2.05, 4.69) is 58.4 Å². The topological polar surface area (TPSA) is 132 Å². The van der Waals surface area contributed by atoms with E-state index in [0.717, 1.165) is 37.0 Å². The summed E-state index contributed by atoms with van der Waals surface area (Å²) in [6.07, 6.45) is 0.877. The lowest BCUT2D eigenvalue weighted by atomic mass is 9.96. The van der Waals surface area contributed by atoms with Crippen molar-refractivity contribution in [2.75, 3.05) is 52.4 Å². The van der Waals surface area contributed by atoms with Crippen LogP contribution in [0.2, 0.25) is 0 Å². The van der Waals surface area contributed by atoms with Crippen LogP contribution in [0.15, 0.2) is 97.1 Å². The molecule has 2 atom stereocenters. The number of rotatable bonds is 9. The van der Waals surface area contributed by atoms with Gasteiger partial charge in [0.2, 0.25) is 5.88 Å². The summed E-state index contributed by atoms with van der Waals surface area (Å²) < 4.78 is 5.59. The Morgan fingerprint density at radius 2 is 1.48 bits per heavy atom. The van der Waals surface area contributed by atoms with E-state index in [1.54, 1.807) is 11.0 Å². The zero-order chi connectivity index (χ0) is 32.3. The first-order valence-corrected chi connectivity index (χ1v) is 15.9. The molecule has 2 aliphatic rings. The summed E-state index contributed by atoms with van der Waals surface area (Å²) in [5.41, 5.74) is 8.79. The van der Waals surface area contributed by atoms with E-state index in [-0.39, 0.29) is 24.6 Å². The molecule has 46 heavy (non-hydrogen) atoms. The first-order valence-electron chi connectivity index (χ1n) is 15.9. The summed E-state index contributed by atoms with van der Waals surface area (Å²) in [6.45, 7) is 4.89. The maximum Gasteiger partial charge on any atom is 0.314 e. The number of carboxylic acid groups (broad SMARTS) is 1. The first-order chi connectivity index (χ1) is 22.4. The second kappa shape index (κ2) is 16.2. The molecule has 0 aliphatic carbocycles. The smallest absolute Gasteiger partial charge is 0.314 e. The van der Waals surface area contributed by atoms with Gasteiger partial charge < -0.3 is 25.6 Å². The number of likely N-dealkylation sites (tertiary alicyclic amines) is 1. The molecule has 0 radical (unpaired) electrons. The molecular weight excluding hydrogens is 582 g/mol. The van der Waals surface area contributed by atoms with Crippen molar-refractivity contribution in [1.82, 2.24) is 19.7 Å². The van der Waals surface area contributed by atoms with Gasteiger partial charge in [-0.15, -0.1) is 0 Å². The second-order valence-corrected chi connectivity index (χ2v) is 11.8. The zero-order valence-corrected chi connectivity index (χ0v) is 26.0. The van der Waals surface area contributed by atoms with Gasteiger partial charge in [0.25, 0.3) is 0 Å². The number of nitrogens with two attached hydrogens (primary N) is 1. The summed E-state index contributed by atoms with van der Waals surface area (Å²) in [7, 11) is 0. The molecule has 1 unspecified atom stereocenters. The fourth-order valence-electron chi connectivity index (χ4n) is 6.17. The number of hydrogen-bond acceptors (Lipinski definition) is 7. The summed E-state index contributed by atoms with van der Waals surface area (Å²) >= 11 is 0. The molecule has 0 saturated carbocycles. The van der Waals surface area contributed by atoms with E-state index in [4.69, 9.17) is 15.6 Å². The Morgan fingerprint density at radius 3 is 2.11 bits per heavy atom. The van der Waals surface area contributed by atoms with Crippen LogP contribution in [0.4, 0.5) is 4.79 Å². The van der Waals surface area contributed by atoms with Gasteiger partial charge >= 0.3 is 12.0 Å². The SMILES string of the molecule is NC(=O)N1CCN(C(c2ccccc2)c2ccccc2)CC1.O=C(O)C1CCCN(C[C@@H](O)COc2ccc3ccccc3n2)C1. The van der Waals surface area contributed by atoms with Gasteiger partial charge in [0.15, 0.2) is 0 Å². The number of pyridine rings is 1. The van der Waals surface area contributed by atoms with Crippen LogP contribution in [0.5, 0.6) is 5.88 Å². The molecule has 6 rings (SSSR count). The van der Waals surface area contributed by atoms with Crippen molar-refractivity contribution < 1.29 is 24.5 Å². The number of aliphatic hydroxyl groups excluding tert-OH is 1. The minimum atomic E-state index is -0.759. The summed E-state index contributed by atoms with van der Waals surface area (Å²) in [5.74, 6) is -0.616. The highest BCUT2D eigenvalue weighted by atomic mass is 16.5. The number of para-hydroxylation sites is 1. The van der Waals surface area contributed by atoms with Crippen molar-refractivity contribution in [2.24, 2.45) is 11.7 Å². The monoisotopic (exact) mass is 625 g/mol. The van der Waals surface area contributed by atoms with Gasteiger partial charge in [0.05, 0.1) is 17.5 Å². The maximum atomic E-state index is 11.3. The Bertz CT molecular complexity index is 1510. The van der Waals surface area contributed by atoms with Crippen LogP contribution in [0, 0.1) is 5.92 Å². The number of β-amino-alcohol motifs (C(OH)–C–C–N with tert-alkyl or cyclic N) is 1. The number of fused-ring (bicyclic) bond motifs is 1. The van der Waals surface area contributed by atoms with E-state index in [9.17, 15) is 14.7 Å². The molecule has 3 heterocycles. The fourth-order valence-corrected chi connectivity index (χ4v) is 6.17. The molecule has 3 aromatic carbocycles. The highest BCUT2D eigenvalue weighted by Crippen LogP contribution is 2.29. The number of aliphatic carboxylic acids is 1. The van der Waals surface area contributed by atoms with Gasteiger partial charge in [-0.1, -0.05) is 78.9 Å². The molecule has 1 aromatic heterocycles. The molecule has 2 saturated heterocycles. The van der Waals surface area contributed by atoms with Gasteiger partial charge in [-0.3, -0.25) is 14.6 Å². The minimum Gasteiger partial charge on any atom is -0.481 e. The molecule has 4 aromatic rings. The number of carbonyl (C=O) groups excluding carboxylic acids is 1. The lowest BCUT2D eigenvalue weighted by molar-refractivity contribution is -0.143. The Kier molecular flexibility index (Phi) is 11.6. The highest BCUT2D eigenvalue weighted by molar-refractivity contribution is 5.78. The molecule has 242 valence electrons. The van der Waals surface area contributed by atoms with Crippen molar-refractivity contribution in [1.29, 1.82) is 0 Å². The van der Waals surface area contributed by atoms with Gasteiger partial charge in [0.1, 0.15) is 12.7 Å². The van der Waals surface area contributed by atoms with Gasteiger partial charge in [-0.05, 0) is 42.6 Å². The van der Waals surface area contributed by atoms with Crippen molar-refractivity contribution in [3.8, 4) is 5.88 Å². The van der Waals surface area contributed by atoms with Crippen LogP contribution in [-0.2, 0) is 4.79 Å². The predicted octanol–water partition coefficient (Wildman–Crippen LogP) is 4.24. The molecule has 0 spiro atoms. The Balaban J connectivity index is 0.000000182. The lowest BCUT2D eigenvalue weighted by Gasteiger charge is -2.39. The third-order valence-corrected chi connectivity index (χ3v) is 8.54. The van der Waals surface area contributed by atoms with Crippen molar-refractivity contribution in [3.63, 3.8) is 0 Å². The van der Waals surface area contributed by atoms with Crippen molar-refractivity contribution >= 4 is 22.9 Å². The number of urea groups is 1. The fraction of sp³-hybridized carbons (Fsp3) is 0.361. The summed E-state index contributed by atoms with van der Waals surface area (Å²) in [6, 6.07) is 32.4. The number of carboxylic acids is 1. The molecule has 2 amide bonds. The summed E-state index contributed by atoms with van der Waals surface area (Å²) in [5, 5.41) is 20.3. The van der Waals surface area contributed by atoms with E-state index in [0.29, 0.717) is 38.5 Å². The minimum absolute atomic E-state index is 0.138. The van der Waals surface area contributed by atoms with Crippen molar-refractivity contribution in [3.05, 3.63) is 108 Å². The summed E-state index contributed by atoms with van der Waals surface area (Å²) in [4.78, 5) is 32.9. The van der Waals surface area contributed by atoms with Crippen molar-refractivity contribution in [2.45, 2.75) is 25.0 Å². The largest absolute Gasteiger partial charge is 0.481 e. The number of piperidine rings is 1. The molecule has 10 nitrogen and oxygen atoms in total. The number of aromatic nitrogens is 1. The van der Waals surface area contributed by atoms with Crippen LogP contribution < -0.4 is 10.5 Å². The van der Waals surface area contributed by atoms with Crippen LogP contribution in [-0.4, -0.2) is 100 Å². The lowest BCUT2D eigenvalue weighted by Crippen LogP contribution is -2.51. The van der Waals surface area contributed by atoms with Crippen LogP contribution in [0.25, 0.3) is 10.9 Å². The van der Waals surface area contributed by atoms with Gasteiger partial charge in [-0.25, -0.2) is 9.78 Å². The number of nitrogens with zero attached hydrogens (tertiary/aromatic N) is 4. The number of hydrogen-bond donors (Lipinski definition) is 3. The Hall–Kier alpha value is -4.51. The van der Waals surface area contributed by atoms with E-state index in [1.165, 1.54) is 11.1 Å². The number of piperazine rings is 1. The molecule has 2 aliphatic heterocycles. The van der Waals surface area contributed by atoms with Crippen LogP contribution in [0.1, 0.15) is 30.0 Å². The predicted molar refractivity (Wildman–Crippen MR) is 178 cm³/mol. The Labute approximate surface area is 270 Å². The normalized spacial score (nSPS) is 18.0. The van der Waals surface area contributed by atoms with Crippen LogP contribution >= 0.6 is 0 Å². The number of carbonyl (C=O) groups is 2. The van der Waals surface area contributed by atoms with Gasteiger partial charge in [-0.2, -0.15) is 0 Å². The number of aliphatic hydroxyl groups is 1. The second-order valence-electron chi connectivity index (χ2n) is 11.8. The third kappa shape index (κ3) is 9.03. The van der Waals surface area contributed by atoms with E-state index < -0.39 is 12.1 Å².